The zero-order valence-electron chi connectivity index (χ0n) is 7.49. The Hall–Kier alpha value is -0.900. The average Bonchev–Trinajstić information content (AvgIpc) is 2.10. The van der Waals surface area contributed by atoms with E-state index in [1.807, 2.05) is 0 Å². The largest absolute Gasteiger partial charge is 0.464 e. The monoisotopic (exact) mass is 186 g/mol. The van der Waals surface area contributed by atoms with E-state index < -0.39 is 5.92 Å². The smallest absolute Gasteiger partial charge is 0.320 e. The SMILES string of the molecule is O=C(CCCCCO)C1COC1=O. The van der Waals surface area contributed by atoms with E-state index in [1.165, 1.54) is 0 Å². The van der Waals surface area contributed by atoms with E-state index in [0.717, 1.165) is 19.3 Å². The summed E-state index contributed by atoms with van der Waals surface area (Å²) in [6.07, 6.45) is 2.75. The molecular formula is C9H14O4. The number of carbonyl (C=O) groups excluding carboxylic acids is 2. The fraction of sp³-hybridized carbons (Fsp3) is 0.778. The van der Waals surface area contributed by atoms with Gasteiger partial charge in [-0.25, -0.2) is 0 Å². The molecule has 1 unspecified atom stereocenters. The van der Waals surface area contributed by atoms with Gasteiger partial charge in [0.15, 0.2) is 5.78 Å². The fourth-order valence-electron chi connectivity index (χ4n) is 1.22. The molecule has 1 heterocycles. The number of ether oxygens (including phenoxy) is 1. The Kier molecular flexibility index (Phi) is 3.89. The summed E-state index contributed by atoms with van der Waals surface area (Å²) in [7, 11) is 0. The van der Waals surface area contributed by atoms with Crippen molar-refractivity contribution in [1.82, 2.24) is 0 Å². The van der Waals surface area contributed by atoms with Crippen LogP contribution in [0.5, 0.6) is 0 Å². The molecule has 4 heteroatoms. The Morgan fingerprint density at radius 3 is 2.69 bits per heavy atom. The van der Waals surface area contributed by atoms with Crippen LogP contribution >= 0.6 is 0 Å². The van der Waals surface area contributed by atoms with E-state index in [9.17, 15) is 9.59 Å². The summed E-state index contributed by atoms with van der Waals surface area (Å²) in [5.74, 6) is -0.893. The first-order valence-corrected chi connectivity index (χ1v) is 4.56. The van der Waals surface area contributed by atoms with Gasteiger partial charge >= 0.3 is 5.97 Å². The molecule has 1 aliphatic rings. The molecule has 1 saturated heterocycles. The van der Waals surface area contributed by atoms with Crippen molar-refractivity contribution in [2.24, 2.45) is 5.92 Å². The number of cyclic esters (lactones) is 1. The first-order chi connectivity index (χ1) is 6.25. The highest BCUT2D eigenvalue weighted by Gasteiger charge is 2.36. The molecular weight excluding hydrogens is 172 g/mol. The molecule has 1 N–H and O–H groups in total. The molecule has 0 radical (unpaired) electrons. The molecule has 0 spiro atoms. The van der Waals surface area contributed by atoms with E-state index in [4.69, 9.17) is 5.11 Å². The predicted molar refractivity (Wildman–Crippen MR) is 45.0 cm³/mol. The van der Waals surface area contributed by atoms with E-state index in [0.29, 0.717) is 6.42 Å². The molecule has 0 aliphatic carbocycles. The summed E-state index contributed by atoms with van der Waals surface area (Å²) in [4.78, 5) is 21.9. The molecule has 13 heavy (non-hydrogen) atoms. The van der Waals surface area contributed by atoms with Gasteiger partial charge in [0, 0.05) is 13.0 Å². The van der Waals surface area contributed by atoms with Crippen molar-refractivity contribution < 1.29 is 19.4 Å². The zero-order chi connectivity index (χ0) is 9.68. The topological polar surface area (TPSA) is 63.6 Å². The first-order valence-electron chi connectivity index (χ1n) is 4.56. The summed E-state index contributed by atoms with van der Waals surface area (Å²) < 4.78 is 4.49. The number of carbonyl (C=O) groups is 2. The summed E-state index contributed by atoms with van der Waals surface area (Å²) in [5.41, 5.74) is 0. The first kappa shape index (κ1) is 10.2. The predicted octanol–water partition coefficient (Wildman–Crippen LogP) is 0.281. The number of aliphatic hydroxyl groups is 1. The Labute approximate surface area is 76.9 Å². The molecule has 0 bridgehead atoms. The van der Waals surface area contributed by atoms with Gasteiger partial charge in [-0.2, -0.15) is 0 Å². The Balaban J connectivity index is 2.07. The van der Waals surface area contributed by atoms with Crippen molar-refractivity contribution in [2.75, 3.05) is 13.2 Å². The van der Waals surface area contributed by atoms with Crippen molar-refractivity contribution in [3.8, 4) is 0 Å². The van der Waals surface area contributed by atoms with Crippen LogP contribution in [0.1, 0.15) is 25.7 Å². The van der Waals surface area contributed by atoms with Crippen LogP contribution in [0.15, 0.2) is 0 Å². The molecule has 74 valence electrons. The van der Waals surface area contributed by atoms with E-state index in [1.54, 1.807) is 0 Å². The molecule has 1 fully saturated rings. The van der Waals surface area contributed by atoms with Crippen LogP contribution in [-0.4, -0.2) is 30.1 Å². The molecule has 4 nitrogen and oxygen atoms in total. The number of aliphatic hydroxyl groups excluding tert-OH is 1. The Morgan fingerprint density at radius 1 is 1.46 bits per heavy atom. The zero-order valence-corrected chi connectivity index (χ0v) is 7.49. The molecule has 0 amide bonds. The minimum Gasteiger partial charge on any atom is -0.464 e. The standard InChI is InChI=1S/C9H14O4/c10-5-3-1-2-4-8(11)7-6-13-9(7)12/h7,10H,1-6H2. The third kappa shape index (κ3) is 2.81. The van der Waals surface area contributed by atoms with Crippen molar-refractivity contribution >= 4 is 11.8 Å². The number of rotatable bonds is 6. The highest BCUT2D eigenvalue weighted by molar-refractivity contribution is 6.02. The fourth-order valence-corrected chi connectivity index (χ4v) is 1.22. The molecule has 0 aromatic carbocycles. The van der Waals surface area contributed by atoms with Crippen molar-refractivity contribution in [3.05, 3.63) is 0 Å². The second kappa shape index (κ2) is 4.97. The van der Waals surface area contributed by atoms with Gasteiger partial charge in [0.05, 0.1) is 0 Å². The van der Waals surface area contributed by atoms with Crippen molar-refractivity contribution in [1.29, 1.82) is 0 Å². The Bertz CT molecular complexity index is 200. The second-order valence-corrected chi connectivity index (χ2v) is 3.18. The number of ketones is 1. The number of hydrogen-bond donors (Lipinski definition) is 1. The third-order valence-corrected chi connectivity index (χ3v) is 2.15. The van der Waals surface area contributed by atoms with Crippen LogP contribution in [0.2, 0.25) is 0 Å². The lowest BCUT2D eigenvalue weighted by atomic mass is 9.97. The van der Waals surface area contributed by atoms with E-state index in [-0.39, 0.29) is 25.0 Å². The van der Waals surface area contributed by atoms with Crippen LogP contribution in [0.3, 0.4) is 0 Å². The number of Topliss-reactive ketones (excluding diaryl/α,β-unsaturated/α-hetero) is 1. The number of unbranched alkanes of at least 4 members (excludes halogenated alkanes) is 2. The maximum Gasteiger partial charge on any atom is 0.320 e. The molecule has 1 atom stereocenters. The summed E-state index contributed by atoms with van der Waals surface area (Å²) in [6.45, 7) is 0.428. The van der Waals surface area contributed by atoms with Gasteiger partial charge in [0.1, 0.15) is 12.5 Å². The molecule has 1 aliphatic heterocycles. The van der Waals surface area contributed by atoms with Crippen molar-refractivity contribution in [3.63, 3.8) is 0 Å². The molecule has 0 aromatic rings. The minimum atomic E-state index is -0.492. The van der Waals surface area contributed by atoms with Gasteiger partial charge in [-0.15, -0.1) is 0 Å². The van der Waals surface area contributed by atoms with Gasteiger partial charge in [-0.05, 0) is 12.8 Å². The quantitative estimate of drug-likeness (QED) is 0.367. The number of hydrogen-bond acceptors (Lipinski definition) is 4. The Morgan fingerprint density at radius 2 is 2.23 bits per heavy atom. The molecule has 0 aromatic heterocycles. The average molecular weight is 186 g/mol. The minimum absolute atomic E-state index is 0.0193. The summed E-state index contributed by atoms with van der Waals surface area (Å²) in [5, 5.41) is 8.48. The van der Waals surface area contributed by atoms with Crippen LogP contribution in [0.4, 0.5) is 0 Å². The maximum atomic E-state index is 11.2. The van der Waals surface area contributed by atoms with Crippen LogP contribution < -0.4 is 0 Å². The van der Waals surface area contributed by atoms with Crippen molar-refractivity contribution in [2.45, 2.75) is 25.7 Å². The van der Waals surface area contributed by atoms with E-state index >= 15 is 0 Å². The summed E-state index contributed by atoms with van der Waals surface area (Å²) >= 11 is 0. The lowest BCUT2D eigenvalue weighted by molar-refractivity contribution is -0.171. The van der Waals surface area contributed by atoms with Gasteiger partial charge in [-0.3, -0.25) is 9.59 Å². The third-order valence-electron chi connectivity index (χ3n) is 2.15. The second-order valence-electron chi connectivity index (χ2n) is 3.18. The maximum absolute atomic E-state index is 11.2. The van der Waals surface area contributed by atoms with Crippen LogP contribution in [-0.2, 0) is 14.3 Å². The van der Waals surface area contributed by atoms with Crippen LogP contribution in [0.25, 0.3) is 0 Å². The highest BCUT2D eigenvalue weighted by Crippen LogP contribution is 2.16. The molecule has 0 saturated carbocycles. The van der Waals surface area contributed by atoms with Gasteiger partial charge in [-0.1, -0.05) is 6.42 Å². The van der Waals surface area contributed by atoms with Gasteiger partial charge in [0.25, 0.3) is 0 Å². The van der Waals surface area contributed by atoms with E-state index in [2.05, 4.69) is 4.74 Å². The van der Waals surface area contributed by atoms with Gasteiger partial charge in [0.2, 0.25) is 0 Å². The lowest BCUT2D eigenvalue weighted by Gasteiger charge is -2.22. The highest BCUT2D eigenvalue weighted by atomic mass is 16.6. The lowest BCUT2D eigenvalue weighted by Crippen LogP contribution is -2.40. The summed E-state index contributed by atoms with van der Waals surface area (Å²) in [6, 6.07) is 0. The normalized spacial score (nSPS) is 20.7. The van der Waals surface area contributed by atoms with Crippen LogP contribution in [0, 0.1) is 5.92 Å². The molecule has 1 rings (SSSR count). The van der Waals surface area contributed by atoms with Gasteiger partial charge < -0.3 is 9.84 Å². The number of esters is 1.